The molecule has 0 aliphatic heterocycles. The molecule has 0 unspecified atom stereocenters. The summed E-state index contributed by atoms with van der Waals surface area (Å²) in [5.74, 6) is -0.251. The van der Waals surface area contributed by atoms with Crippen molar-refractivity contribution < 1.29 is 23.5 Å². The topological polar surface area (TPSA) is 99.5 Å². The van der Waals surface area contributed by atoms with Crippen LogP contribution in [-0.2, 0) is 16.1 Å². The smallest absolute Gasteiger partial charge is 0.278 e. The Bertz CT molecular complexity index is 1370. The molecule has 2 heterocycles. The highest BCUT2D eigenvalue weighted by Gasteiger charge is 2.20. The Balaban J connectivity index is 1.68. The van der Waals surface area contributed by atoms with E-state index in [1.165, 1.54) is 18.5 Å². The Hall–Kier alpha value is -4.44. The molecule has 0 saturated carbocycles. The molecule has 2 N–H and O–H groups in total. The zero-order valence-electron chi connectivity index (χ0n) is 20.0. The van der Waals surface area contributed by atoms with Gasteiger partial charge in [-0.1, -0.05) is 24.8 Å². The van der Waals surface area contributed by atoms with Gasteiger partial charge in [0.15, 0.2) is 5.65 Å². The first-order valence-corrected chi connectivity index (χ1v) is 11.2. The molecule has 9 nitrogen and oxygen atoms in total. The third-order valence-electron chi connectivity index (χ3n) is 5.37. The molecule has 4 aromatic rings. The van der Waals surface area contributed by atoms with Gasteiger partial charge in [0, 0.05) is 6.20 Å². The molecule has 4 rings (SSSR count). The van der Waals surface area contributed by atoms with Gasteiger partial charge in [0.2, 0.25) is 0 Å². The Labute approximate surface area is 207 Å². The maximum absolute atomic E-state index is 14.7. The van der Waals surface area contributed by atoms with E-state index < -0.39 is 11.7 Å². The average molecular weight is 492 g/mol. The van der Waals surface area contributed by atoms with Gasteiger partial charge in [0.25, 0.3) is 5.91 Å². The minimum Gasteiger partial charge on any atom is -0.499 e. The van der Waals surface area contributed by atoms with Crippen molar-refractivity contribution in [1.29, 1.82) is 0 Å². The molecule has 2 aromatic heterocycles. The van der Waals surface area contributed by atoms with Gasteiger partial charge < -0.3 is 14.8 Å². The standard InChI is InChI=1S/C26H26FN5O4/c1-4-35-11-12-36-31-26(33)21-14-28-25-20(24(21)30-23-10-5-17(2)13-22(23)27)15-29-32(25)16-18-6-8-19(34-3)9-7-18/h4-10,13-15H,1,11-12,16H2,2-3H3,(H,28,30)(H,31,33). The summed E-state index contributed by atoms with van der Waals surface area (Å²) in [5.41, 5.74) is 5.38. The van der Waals surface area contributed by atoms with Crippen LogP contribution in [0.5, 0.6) is 5.75 Å². The number of anilines is 2. The summed E-state index contributed by atoms with van der Waals surface area (Å²) in [4.78, 5) is 22.6. The average Bonchev–Trinajstić information content (AvgIpc) is 3.29. The molecule has 0 aliphatic rings. The molecule has 186 valence electrons. The lowest BCUT2D eigenvalue weighted by molar-refractivity contribution is 0.0145. The predicted molar refractivity (Wildman–Crippen MR) is 134 cm³/mol. The highest BCUT2D eigenvalue weighted by atomic mass is 19.1. The lowest BCUT2D eigenvalue weighted by Crippen LogP contribution is -2.26. The summed E-state index contributed by atoms with van der Waals surface area (Å²) in [6.07, 6.45) is 4.28. The second kappa shape index (κ2) is 11.3. The number of carbonyl (C=O) groups is 1. The van der Waals surface area contributed by atoms with E-state index in [1.54, 1.807) is 37.0 Å². The summed E-state index contributed by atoms with van der Waals surface area (Å²) in [6.45, 7) is 6.02. The Morgan fingerprint density at radius 1 is 1.17 bits per heavy atom. The molecule has 0 radical (unpaired) electrons. The van der Waals surface area contributed by atoms with Crippen LogP contribution in [0.3, 0.4) is 0 Å². The normalized spacial score (nSPS) is 10.8. The lowest BCUT2D eigenvalue weighted by Gasteiger charge is -2.14. The summed E-state index contributed by atoms with van der Waals surface area (Å²) in [7, 11) is 1.61. The number of amides is 1. The first kappa shape index (κ1) is 24.7. The molecule has 10 heteroatoms. The number of aromatic nitrogens is 3. The number of ether oxygens (including phenoxy) is 2. The number of hydroxylamine groups is 1. The van der Waals surface area contributed by atoms with E-state index in [-0.39, 0.29) is 24.5 Å². The first-order chi connectivity index (χ1) is 17.5. The number of benzene rings is 2. The number of nitrogens with zero attached hydrogens (tertiary/aromatic N) is 3. The van der Waals surface area contributed by atoms with Gasteiger partial charge in [-0.05, 0) is 42.3 Å². The second-order valence-corrected chi connectivity index (χ2v) is 7.86. The van der Waals surface area contributed by atoms with Crippen LogP contribution < -0.4 is 15.5 Å². The van der Waals surface area contributed by atoms with Crippen molar-refractivity contribution in [2.45, 2.75) is 13.5 Å². The maximum Gasteiger partial charge on any atom is 0.278 e. The van der Waals surface area contributed by atoms with Crippen molar-refractivity contribution in [3.8, 4) is 5.75 Å². The van der Waals surface area contributed by atoms with E-state index in [0.29, 0.717) is 23.3 Å². The van der Waals surface area contributed by atoms with Crippen LogP contribution in [0.15, 0.2) is 67.7 Å². The van der Waals surface area contributed by atoms with Crippen molar-refractivity contribution >= 4 is 28.3 Å². The molecule has 2 aromatic carbocycles. The number of carbonyl (C=O) groups excluding carboxylic acids is 1. The minimum absolute atomic E-state index is 0.114. The van der Waals surface area contributed by atoms with Gasteiger partial charge in [-0.15, -0.1) is 0 Å². The molecule has 1 amide bonds. The zero-order valence-corrected chi connectivity index (χ0v) is 20.0. The van der Waals surface area contributed by atoms with E-state index in [2.05, 4.69) is 27.5 Å². The highest BCUT2D eigenvalue weighted by molar-refractivity contribution is 6.07. The van der Waals surface area contributed by atoms with Crippen LogP contribution in [0.1, 0.15) is 21.5 Å². The van der Waals surface area contributed by atoms with Gasteiger partial charge in [-0.2, -0.15) is 5.10 Å². The number of hydrogen-bond acceptors (Lipinski definition) is 7. The van der Waals surface area contributed by atoms with Crippen molar-refractivity contribution in [1.82, 2.24) is 20.2 Å². The molecular weight excluding hydrogens is 465 g/mol. The first-order valence-electron chi connectivity index (χ1n) is 11.2. The number of fused-ring (bicyclic) bond motifs is 1. The highest BCUT2D eigenvalue weighted by Crippen LogP contribution is 2.31. The molecule has 0 fully saturated rings. The number of hydrogen-bond donors (Lipinski definition) is 2. The Kier molecular flexibility index (Phi) is 7.76. The van der Waals surface area contributed by atoms with Gasteiger partial charge in [-0.25, -0.2) is 19.5 Å². The molecule has 0 spiro atoms. The van der Waals surface area contributed by atoms with Crippen LogP contribution in [-0.4, -0.2) is 41.0 Å². The van der Waals surface area contributed by atoms with Crippen LogP contribution in [0.4, 0.5) is 15.8 Å². The lowest BCUT2D eigenvalue weighted by atomic mass is 10.1. The fraction of sp³-hybridized carbons (Fsp3) is 0.192. The van der Waals surface area contributed by atoms with Crippen LogP contribution in [0, 0.1) is 12.7 Å². The van der Waals surface area contributed by atoms with Crippen LogP contribution >= 0.6 is 0 Å². The van der Waals surface area contributed by atoms with E-state index in [1.807, 2.05) is 24.3 Å². The van der Waals surface area contributed by atoms with Crippen molar-refractivity contribution in [3.63, 3.8) is 0 Å². The Morgan fingerprint density at radius 3 is 2.69 bits per heavy atom. The number of rotatable bonds is 11. The molecule has 0 bridgehead atoms. The largest absolute Gasteiger partial charge is 0.499 e. The summed E-state index contributed by atoms with van der Waals surface area (Å²) in [5, 5.41) is 8.07. The number of halogens is 1. The van der Waals surface area contributed by atoms with Crippen molar-refractivity contribution in [2.75, 3.05) is 25.6 Å². The van der Waals surface area contributed by atoms with Gasteiger partial charge in [-0.3, -0.25) is 9.63 Å². The molecule has 0 aliphatic carbocycles. The number of methoxy groups -OCH3 is 1. The fourth-order valence-electron chi connectivity index (χ4n) is 3.55. The summed E-state index contributed by atoms with van der Waals surface area (Å²) in [6, 6.07) is 12.4. The van der Waals surface area contributed by atoms with Crippen LogP contribution in [0.2, 0.25) is 0 Å². The summed E-state index contributed by atoms with van der Waals surface area (Å²) < 4.78 is 26.6. The number of pyridine rings is 1. The third-order valence-corrected chi connectivity index (χ3v) is 5.37. The number of nitrogens with one attached hydrogen (secondary N) is 2. The van der Waals surface area contributed by atoms with E-state index in [4.69, 9.17) is 14.3 Å². The summed E-state index contributed by atoms with van der Waals surface area (Å²) >= 11 is 0. The second-order valence-electron chi connectivity index (χ2n) is 7.86. The zero-order chi connectivity index (χ0) is 25.5. The van der Waals surface area contributed by atoms with Gasteiger partial charge in [0.05, 0.1) is 48.4 Å². The quantitative estimate of drug-likeness (QED) is 0.181. The van der Waals surface area contributed by atoms with Crippen LogP contribution in [0.25, 0.3) is 11.0 Å². The van der Waals surface area contributed by atoms with Crippen molar-refractivity contribution in [3.05, 3.63) is 90.2 Å². The minimum atomic E-state index is -0.555. The molecular formula is C26H26FN5O4. The predicted octanol–water partition coefficient (Wildman–Crippen LogP) is 4.50. The third kappa shape index (κ3) is 5.61. The fourth-order valence-corrected chi connectivity index (χ4v) is 3.55. The van der Waals surface area contributed by atoms with Gasteiger partial charge in [0.1, 0.15) is 24.8 Å². The monoisotopic (exact) mass is 491 g/mol. The number of aryl methyl sites for hydroxylation is 1. The van der Waals surface area contributed by atoms with E-state index >= 15 is 0 Å². The molecule has 0 saturated heterocycles. The molecule has 0 atom stereocenters. The molecule has 36 heavy (non-hydrogen) atoms. The van der Waals surface area contributed by atoms with Crippen molar-refractivity contribution in [2.24, 2.45) is 0 Å². The van der Waals surface area contributed by atoms with E-state index in [9.17, 15) is 9.18 Å². The van der Waals surface area contributed by atoms with E-state index in [0.717, 1.165) is 16.9 Å². The van der Waals surface area contributed by atoms with Gasteiger partial charge >= 0.3 is 0 Å². The maximum atomic E-state index is 14.7. The SMILES string of the molecule is C=COCCONC(=O)c1cnc2c(cnn2Cc2ccc(OC)cc2)c1Nc1ccc(C)cc1F. The Morgan fingerprint density at radius 2 is 1.97 bits per heavy atom.